The van der Waals surface area contributed by atoms with E-state index in [-0.39, 0.29) is 18.3 Å². The zero-order valence-electron chi connectivity index (χ0n) is 10.8. The summed E-state index contributed by atoms with van der Waals surface area (Å²) in [5, 5.41) is 13.6. The maximum Gasteiger partial charge on any atom is 0.273 e. The summed E-state index contributed by atoms with van der Waals surface area (Å²) >= 11 is 0. The minimum atomic E-state index is -0.640. The largest absolute Gasteiger partial charge is 0.491 e. The molecule has 0 fully saturated rings. The summed E-state index contributed by atoms with van der Waals surface area (Å²) in [5.41, 5.74) is 5.17. The van der Waals surface area contributed by atoms with Gasteiger partial charge < -0.3 is 15.8 Å². The van der Waals surface area contributed by atoms with Gasteiger partial charge in [0.2, 0.25) is 5.91 Å². The summed E-state index contributed by atoms with van der Waals surface area (Å²) in [4.78, 5) is 21.3. The SMILES string of the molecule is CC(C)NC(COc1cccc([N+](=O)[O-])c1)C(N)=O. The average molecular weight is 267 g/mol. The molecule has 0 aliphatic heterocycles. The Bertz CT molecular complexity index is 462. The van der Waals surface area contributed by atoms with Crippen molar-refractivity contribution in [2.75, 3.05) is 6.61 Å². The molecule has 0 spiro atoms. The Hall–Kier alpha value is -2.15. The number of nitro benzene ring substituents is 1. The van der Waals surface area contributed by atoms with E-state index in [1.165, 1.54) is 18.2 Å². The molecule has 0 radical (unpaired) electrons. The lowest BCUT2D eigenvalue weighted by molar-refractivity contribution is -0.384. The van der Waals surface area contributed by atoms with Crippen molar-refractivity contribution in [3.8, 4) is 5.75 Å². The third-order valence-electron chi connectivity index (χ3n) is 2.32. The quantitative estimate of drug-likeness (QED) is 0.562. The van der Waals surface area contributed by atoms with Gasteiger partial charge in [-0.25, -0.2) is 0 Å². The van der Waals surface area contributed by atoms with E-state index in [1.807, 2.05) is 13.8 Å². The Balaban J connectivity index is 2.66. The van der Waals surface area contributed by atoms with Crippen LogP contribution in [0.2, 0.25) is 0 Å². The molecule has 1 unspecified atom stereocenters. The number of amides is 1. The highest BCUT2D eigenvalue weighted by Gasteiger charge is 2.17. The topological polar surface area (TPSA) is 107 Å². The molecule has 0 bridgehead atoms. The van der Waals surface area contributed by atoms with Gasteiger partial charge in [-0.3, -0.25) is 14.9 Å². The molecule has 7 nitrogen and oxygen atoms in total. The molecule has 1 amide bonds. The second-order valence-corrected chi connectivity index (χ2v) is 4.34. The maximum absolute atomic E-state index is 11.2. The van der Waals surface area contributed by atoms with Gasteiger partial charge in [-0.05, 0) is 6.07 Å². The molecular formula is C12H17N3O4. The maximum atomic E-state index is 11.2. The molecule has 3 N–H and O–H groups in total. The van der Waals surface area contributed by atoms with Crippen molar-refractivity contribution in [1.29, 1.82) is 0 Å². The third-order valence-corrected chi connectivity index (χ3v) is 2.32. The van der Waals surface area contributed by atoms with Crippen LogP contribution in [0.3, 0.4) is 0 Å². The van der Waals surface area contributed by atoms with Crippen LogP contribution in [0.5, 0.6) is 5.75 Å². The lowest BCUT2D eigenvalue weighted by Crippen LogP contribution is -2.48. The summed E-state index contributed by atoms with van der Waals surface area (Å²) in [6.45, 7) is 3.78. The molecule has 1 aromatic carbocycles. The fourth-order valence-corrected chi connectivity index (χ4v) is 1.48. The fraction of sp³-hybridized carbons (Fsp3) is 0.417. The van der Waals surface area contributed by atoms with Gasteiger partial charge in [0.05, 0.1) is 11.0 Å². The fourth-order valence-electron chi connectivity index (χ4n) is 1.48. The molecule has 1 atom stereocenters. The molecule has 7 heteroatoms. The van der Waals surface area contributed by atoms with Crippen molar-refractivity contribution in [1.82, 2.24) is 5.32 Å². The van der Waals surface area contributed by atoms with E-state index in [0.29, 0.717) is 5.75 Å². The van der Waals surface area contributed by atoms with Crippen LogP contribution in [-0.4, -0.2) is 29.5 Å². The number of nitro groups is 1. The Morgan fingerprint density at radius 3 is 2.74 bits per heavy atom. The van der Waals surface area contributed by atoms with Gasteiger partial charge in [0, 0.05) is 12.1 Å². The van der Waals surface area contributed by atoms with Gasteiger partial charge >= 0.3 is 0 Å². The predicted octanol–water partition coefficient (Wildman–Crippen LogP) is 0.825. The highest BCUT2D eigenvalue weighted by Crippen LogP contribution is 2.19. The summed E-state index contributed by atoms with van der Waals surface area (Å²) in [5.74, 6) is -0.204. The number of benzene rings is 1. The number of carbonyl (C=O) groups is 1. The lowest BCUT2D eigenvalue weighted by atomic mass is 10.2. The predicted molar refractivity (Wildman–Crippen MR) is 69.8 cm³/mol. The van der Waals surface area contributed by atoms with E-state index in [9.17, 15) is 14.9 Å². The van der Waals surface area contributed by atoms with Gasteiger partial charge in [0.25, 0.3) is 5.69 Å². The first-order valence-electron chi connectivity index (χ1n) is 5.82. The van der Waals surface area contributed by atoms with Crippen LogP contribution in [0.15, 0.2) is 24.3 Å². The first-order chi connectivity index (χ1) is 8.90. The minimum Gasteiger partial charge on any atom is -0.491 e. The van der Waals surface area contributed by atoms with Crippen LogP contribution in [0.25, 0.3) is 0 Å². The number of primary amides is 1. The monoisotopic (exact) mass is 267 g/mol. The number of carbonyl (C=O) groups excluding carboxylic acids is 1. The van der Waals surface area contributed by atoms with Crippen molar-refractivity contribution in [2.24, 2.45) is 5.73 Å². The van der Waals surface area contributed by atoms with E-state index in [1.54, 1.807) is 6.07 Å². The number of nitrogens with one attached hydrogen (secondary N) is 1. The molecule has 1 aromatic rings. The van der Waals surface area contributed by atoms with Crippen LogP contribution < -0.4 is 15.8 Å². The highest BCUT2D eigenvalue weighted by atomic mass is 16.6. The van der Waals surface area contributed by atoms with Crippen molar-refractivity contribution >= 4 is 11.6 Å². The molecule has 19 heavy (non-hydrogen) atoms. The number of hydrogen-bond donors (Lipinski definition) is 2. The molecular weight excluding hydrogens is 250 g/mol. The van der Waals surface area contributed by atoms with Gasteiger partial charge in [-0.1, -0.05) is 19.9 Å². The molecule has 0 saturated heterocycles. The second kappa shape index (κ2) is 6.69. The van der Waals surface area contributed by atoms with Crippen molar-refractivity contribution in [2.45, 2.75) is 25.9 Å². The summed E-state index contributed by atoms with van der Waals surface area (Å²) < 4.78 is 5.35. The summed E-state index contributed by atoms with van der Waals surface area (Å²) in [6.07, 6.45) is 0. The first kappa shape index (κ1) is 14.9. The number of nitrogens with zero attached hydrogens (tertiary/aromatic N) is 1. The zero-order valence-corrected chi connectivity index (χ0v) is 10.8. The second-order valence-electron chi connectivity index (χ2n) is 4.34. The molecule has 0 aliphatic carbocycles. The summed E-state index contributed by atoms with van der Waals surface area (Å²) in [6, 6.07) is 5.20. The normalized spacial score (nSPS) is 12.2. The van der Waals surface area contributed by atoms with Crippen molar-refractivity contribution < 1.29 is 14.5 Å². The number of non-ortho nitro benzene ring substituents is 1. The van der Waals surface area contributed by atoms with Gasteiger partial charge in [-0.2, -0.15) is 0 Å². The Labute approximate surface area is 110 Å². The number of hydrogen-bond acceptors (Lipinski definition) is 5. The standard InChI is InChI=1S/C12H17N3O4/c1-8(2)14-11(12(13)16)7-19-10-5-3-4-9(6-10)15(17)18/h3-6,8,11,14H,7H2,1-2H3,(H2,13,16). The molecule has 104 valence electrons. The highest BCUT2D eigenvalue weighted by molar-refractivity contribution is 5.80. The van der Waals surface area contributed by atoms with Crippen LogP contribution in [-0.2, 0) is 4.79 Å². The average Bonchev–Trinajstić information content (AvgIpc) is 2.34. The third kappa shape index (κ3) is 4.92. The number of nitrogens with two attached hydrogens (primary N) is 1. The molecule has 1 rings (SSSR count). The van der Waals surface area contributed by atoms with E-state index >= 15 is 0 Å². The van der Waals surface area contributed by atoms with E-state index in [2.05, 4.69) is 5.32 Å². The van der Waals surface area contributed by atoms with Crippen molar-refractivity contribution in [3.63, 3.8) is 0 Å². The molecule has 0 heterocycles. The zero-order chi connectivity index (χ0) is 14.4. The number of ether oxygens (including phenoxy) is 1. The van der Waals surface area contributed by atoms with Gasteiger partial charge in [0.15, 0.2) is 0 Å². The van der Waals surface area contributed by atoms with Gasteiger partial charge in [-0.15, -0.1) is 0 Å². The smallest absolute Gasteiger partial charge is 0.273 e. The first-order valence-corrected chi connectivity index (χ1v) is 5.82. The Morgan fingerprint density at radius 1 is 1.53 bits per heavy atom. The Morgan fingerprint density at radius 2 is 2.21 bits per heavy atom. The van der Waals surface area contributed by atoms with E-state index in [4.69, 9.17) is 10.5 Å². The van der Waals surface area contributed by atoms with Crippen molar-refractivity contribution in [3.05, 3.63) is 34.4 Å². The van der Waals surface area contributed by atoms with Crippen LogP contribution in [0, 0.1) is 10.1 Å². The summed E-state index contributed by atoms with van der Waals surface area (Å²) in [7, 11) is 0. The Kier molecular flexibility index (Phi) is 5.25. The molecule has 0 aliphatic rings. The lowest BCUT2D eigenvalue weighted by Gasteiger charge is -2.18. The molecule has 0 aromatic heterocycles. The van der Waals surface area contributed by atoms with Crippen LogP contribution in [0.1, 0.15) is 13.8 Å². The van der Waals surface area contributed by atoms with E-state index in [0.717, 1.165) is 0 Å². The van der Waals surface area contributed by atoms with Gasteiger partial charge in [0.1, 0.15) is 18.4 Å². The molecule has 0 saturated carbocycles. The van der Waals surface area contributed by atoms with Crippen LogP contribution >= 0.6 is 0 Å². The van der Waals surface area contributed by atoms with Crippen LogP contribution in [0.4, 0.5) is 5.69 Å². The number of rotatable bonds is 7. The van der Waals surface area contributed by atoms with E-state index < -0.39 is 16.9 Å². The minimum absolute atomic E-state index is 0.0225.